The number of hydrogen-bond donors (Lipinski definition) is 0. The number of benzene rings is 2. The van der Waals surface area contributed by atoms with Gasteiger partial charge in [-0.15, -0.1) is 0 Å². The normalized spacial score (nSPS) is 21.1. The van der Waals surface area contributed by atoms with Gasteiger partial charge in [0, 0.05) is 32.5 Å². The fourth-order valence-electron chi connectivity index (χ4n) is 4.90. The molecule has 9 nitrogen and oxygen atoms in total. The van der Waals surface area contributed by atoms with Crippen LogP contribution in [0.15, 0.2) is 48.5 Å². The standard InChI is InChI=1S/C26H26F2N2O7/c27-19-7-3-17(4-8-19)21(18-5-9-20(28)10-6-18)34-16-2-1-13-29-14-11-26(12-15-29)24-30(25(33)36-26)37-23(32)22(31)35-24/h3-10,21,24H,1-2,11-16H2. The molecule has 1 amide bonds. The number of nitrogens with zero attached hydrogens (tertiary/aromatic N) is 2. The van der Waals surface area contributed by atoms with E-state index in [1.165, 1.54) is 24.3 Å². The molecular formula is C26H26F2N2O7. The number of amides is 1. The molecule has 0 bridgehead atoms. The number of hydrogen-bond acceptors (Lipinski definition) is 8. The highest BCUT2D eigenvalue weighted by Gasteiger charge is 2.62. The second-order valence-corrected chi connectivity index (χ2v) is 9.30. The van der Waals surface area contributed by atoms with E-state index < -0.39 is 36.0 Å². The Labute approximate surface area is 211 Å². The molecule has 3 aliphatic heterocycles. The van der Waals surface area contributed by atoms with Crippen LogP contribution in [0.25, 0.3) is 0 Å². The Hall–Kier alpha value is -3.57. The number of halogens is 2. The van der Waals surface area contributed by atoms with E-state index in [0.29, 0.717) is 37.6 Å². The monoisotopic (exact) mass is 516 g/mol. The number of piperidine rings is 1. The van der Waals surface area contributed by atoms with Crippen molar-refractivity contribution in [1.29, 1.82) is 0 Å². The van der Waals surface area contributed by atoms with Crippen molar-refractivity contribution in [3.8, 4) is 0 Å². The van der Waals surface area contributed by atoms with Crippen LogP contribution < -0.4 is 0 Å². The number of hydroxylamine groups is 2. The molecule has 0 aromatic heterocycles. The number of likely N-dealkylation sites (tertiary alicyclic amines) is 1. The van der Waals surface area contributed by atoms with E-state index in [1.54, 1.807) is 24.3 Å². The number of carbonyl (C=O) groups is 3. The van der Waals surface area contributed by atoms with Crippen molar-refractivity contribution in [2.45, 2.75) is 43.6 Å². The number of esters is 1. The van der Waals surface area contributed by atoms with Gasteiger partial charge in [0.2, 0.25) is 0 Å². The van der Waals surface area contributed by atoms with Crippen LogP contribution in [0.4, 0.5) is 13.6 Å². The van der Waals surface area contributed by atoms with Crippen LogP contribution >= 0.6 is 0 Å². The van der Waals surface area contributed by atoms with Crippen molar-refractivity contribution < 1.29 is 42.2 Å². The van der Waals surface area contributed by atoms with E-state index >= 15 is 0 Å². The van der Waals surface area contributed by atoms with Crippen molar-refractivity contribution in [3.05, 3.63) is 71.3 Å². The van der Waals surface area contributed by atoms with Gasteiger partial charge in [0.25, 0.3) is 6.23 Å². The Balaban J connectivity index is 1.10. The summed E-state index contributed by atoms with van der Waals surface area (Å²) in [6.07, 6.45) is 0.109. The lowest BCUT2D eigenvalue weighted by Crippen LogP contribution is -2.57. The van der Waals surface area contributed by atoms with Crippen molar-refractivity contribution in [3.63, 3.8) is 0 Å². The largest absolute Gasteiger partial charge is 0.447 e. The lowest BCUT2D eigenvalue weighted by atomic mass is 9.89. The first-order chi connectivity index (χ1) is 17.8. The third-order valence-corrected chi connectivity index (χ3v) is 6.90. The minimum Gasteiger partial charge on any atom is -0.434 e. The van der Waals surface area contributed by atoms with Gasteiger partial charge in [0.05, 0.1) is 0 Å². The van der Waals surface area contributed by atoms with Gasteiger partial charge in [-0.3, -0.25) is 0 Å². The second-order valence-electron chi connectivity index (χ2n) is 9.30. The van der Waals surface area contributed by atoms with Gasteiger partial charge in [-0.1, -0.05) is 29.3 Å². The predicted octanol–water partition coefficient (Wildman–Crippen LogP) is 3.48. The first-order valence-electron chi connectivity index (χ1n) is 12.1. The second kappa shape index (κ2) is 10.4. The third kappa shape index (κ3) is 5.28. The number of unbranched alkanes of at least 4 members (excludes halogenated alkanes) is 1. The zero-order chi connectivity index (χ0) is 26.0. The molecule has 3 heterocycles. The molecular weight excluding hydrogens is 490 g/mol. The topological polar surface area (TPSA) is 94.6 Å². The summed E-state index contributed by atoms with van der Waals surface area (Å²) in [5.41, 5.74) is 0.525. The van der Waals surface area contributed by atoms with E-state index in [-0.39, 0.29) is 11.6 Å². The molecule has 3 fully saturated rings. The first kappa shape index (κ1) is 25.1. The molecule has 0 radical (unpaired) electrons. The fraction of sp³-hybridized carbons (Fsp3) is 0.423. The van der Waals surface area contributed by atoms with Crippen molar-refractivity contribution in [1.82, 2.24) is 9.96 Å². The quantitative estimate of drug-likeness (QED) is 0.299. The van der Waals surface area contributed by atoms with Gasteiger partial charge >= 0.3 is 18.0 Å². The van der Waals surface area contributed by atoms with E-state index in [2.05, 4.69) is 4.90 Å². The average molecular weight is 516 g/mol. The first-order valence-corrected chi connectivity index (χ1v) is 12.1. The summed E-state index contributed by atoms with van der Waals surface area (Å²) in [4.78, 5) is 42.2. The molecule has 1 atom stereocenters. The number of fused-ring (bicyclic) bond motifs is 2. The SMILES string of the molecule is O=C1OC2N(OC1=O)C(=O)OC21CCN(CCCCOC(c2ccc(F)cc2)c2ccc(F)cc2)CC1. The number of ether oxygens (including phenoxy) is 3. The molecule has 2 aromatic rings. The third-order valence-electron chi connectivity index (χ3n) is 6.90. The van der Waals surface area contributed by atoms with Gasteiger partial charge in [0.15, 0.2) is 5.60 Å². The minimum absolute atomic E-state index is 0.340. The Morgan fingerprint density at radius 2 is 1.49 bits per heavy atom. The fourth-order valence-corrected chi connectivity index (χ4v) is 4.90. The Kier molecular flexibility index (Phi) is 7.07. The molecule has 37 heavy (non-hydrogen) atoms. The maximum atomic E-state index is 13.4. The summed E-state index contributed by atoms with van der Waals surface area (Å²) in [7, 11) is 0. The van der Waals surface area contributed by atoms with E-state index in [1.807, 2.05) is 0 Å². The van der Waals surface area contributed by atoms with Crippen LogP contribution in [0.2, 0.25) is 0 Å². The van der Waals surface area contributed by atoms with Crippen LogP contribution in [-0.2, 0) is 28.6 Å². The van der Waals surface area contributed by atoms with Crippen molar-refractivity contribution >= 4 is 18.0 Å². The van der Waals surface area contributed by atoms with Gasteiger partial charge in [-0.2, -0.15) is 0 Å². The molecule has 11 heteroatoms. The molecule has 0 saturated carbocycles. The average Bonchev–Trinajstić information content (AvgIpc) is 3.14. The van der Waals surface area contributed by atoms with E-state index in [0.717, 1.165) is 30.5 Å². The summed E-state index contributed by atoms with van der Waals surface area (Å²) >= 11 is 0. The number of rotatable bonds is 8. The van der Waals surface area contributed by atoms with E-state index in [4.69, 9.17) is 19.0 Å². The highest BCUT2D eigenvalue weighted by atomic mass is 19.1. The van der Waals surface area contributed by atoms with Gasteiger partial charge in [0.1, 0.15) is 17.7 Å². The zero-order valence-corrected chi connectivity index (χ0v) is 19.9. The van der Waals surface area contributed by atoms with Gasteiger partial charge < -0.3 is 23.9 Å². The smallest absolute Gasteiger partial charge is 0.434 e. The Morgan fingerprint density at radius 1 is 0.892 bits per heavy atom. The molecule has 2 aromatic carbocycles. The summed E-state index contributed by atoms with van der Waals surface area (Å²) < 4.78 is 43.6. The molecule has 3 aliphatic rings. The highest BCUT2D eigenvalue weighted by molar-refractivity contribution is 6.30. The van der Waals surface area contributed by atoms with Crippen LogP contribution in [-0.4, -0.2) is 66.1 Å². The summed E-state index contributed by atoms with van der Waals surface area (Å²) in [6.45, 7) is 2.46. The van der Waals surface area contributed by atoms with Crippen LogP contribution in [0.1, 0.15) is 42.9 Å². The number of carbonyl (C=O) groups excluding carboxylic acids is 3. The lowest BCUT2D eigenvalue weighted by Gasteiger charge is -2.40. The summed E-state index contributed by atoms with van der Waals surface area (Å²) in [5, 5.41) is 0.704. The minimum atomic E-state index is -1.24. The summed E-state index contributed by atoms with van der Waals surface area (Å²) in [6, 6.07) is 12.1. The van der Waals surface area contributed by atoms with Gasteiger partial charge in [-0.05, 0) is 54.8 Å². The van der Waals surface area contributed by atoms with Crippen molar-refractivity contribution in [2.75, 3.05) is 26.2 Å². The van der Waals surface area contributed by atoms with Crippen LogP contribution in [0, 0.1) is 11.6 Å². The molecule has 1 spiro atoms. The summed E-state index contributed by atoms with van der Waals surface area (Å²) in [5.74, 6) is -3.06. The van der Waals surface area contributed by atoms with Gasteiger partial charge in [-0.25, -0.2) is 23.2 Å². The van der Waals surface area contributed by atoms with Crippen molar-refractivity contribution in [2.24, 2.45) is 0 Å². The molecule has 0 N–H and O–H groups in total. The zero-order valence-electron chi connectivity index (χ0n) is 19.9. The Bertz CT molecular complexity index is 1110. The predicted molar refractivity (Wildman–Crippen MR) is 123 cm³/mol. The highest BCUT2D eigenvalue weighted by Crippen LogP contribution is 2.41. The molecule has 196 valence electrons. The maximum Gasteiger partial charge on any atom is 0.447 e. The van der Waals surface area contributed by atoms with E-state index in [9.17, 15) is 23.2 Å². The molecule has 1 unspecified atom stereocenters. The lowest BCUT2D eigenvalue weighted by molar-refractivity contribution is -0.251. The maximum absolute atomic E-state index is 13.4. The van der Waals surface area contributed by atoms with Crippen LogP contribution in [0.5, 0.6) is 0 Å². The molecule has 0 aliphatic carbocycles. The molecule has 3 saturated heterocycles. The van der Waals surface area contributed by atoms with Crippen LogP contribution in [0.3, 0.4) is 0 Å². The molecule has 5 rings (SSSR count). The Morgan fingerprint density at radius 3 is 2.08 bits per heavy atom.